The Kier molecular flexibility index (Phi) is 4.81. The van der Waals surface area contributed by atoms with Gasteiger partial charge in [-0.15, -0.1) is 0 Å². The first kappa shape index (κ1) is 19.7. The van der Waals surface area contributed by atoms with Crippen LogP contribution < -0.4 is 20.1 Å². The van der Waals surface area contributed by atoms with Crippen molar-refractivity contribution in [1.29, 1.82) is 0 Å². The predicted octanol–water partition coefficient (Wildman–Crippen LogP) is 2.35. The Morgan fingerprint density at radius 2 is 1.97 bits per heavy atom. The number of urea groups is 1. The zero-order valence-electron chi connectivity index (χ0n) is 16.5. The Labute approximate surface area is 171 Å². The summed E-state index contributed by atoms with van der Waals surface area (Å²) in [5.41, 5.74) is 0.262. The summed E-state index contributed by atoms with van der Waals surface area (Å²) in [6, 6.07) is 8.89. The Bertz CT molecular complexity index is 1060. The molecule has 2 aliphatic rings. The summed E-state index contributed by atoms with van der Waals surface area (Å²) in [6.07, 6.45) is 0.218. The van der Waals surface area contributed by atoms with Crippen LogP contribution in [0.3, 0.4) is 0 Å². The first-order valence-electron chi connectivity index (χ1n) is 9.34. The summed E-state index contributed by atoms with van der Waals surface area (Å²) in [4.78, 5) is 38.5. The van der Waals surface area contributed by atoms with E-state index in [9.17, 15) is 18.8 Å². The Morgan fingerprint density at radius 1 is 1.20 bits per heavy atom. The van der Waals surface area contributed by atoms with Crippen molar-refractivity contribution in [2.75, 3.05) is 18.7 Å². The van der Waals surface area contributed by atoms with Crippen molar-refractivity contribution in [2.24, 2.45) is 0 Å². The lowest BCUT2D eigenvalue weighted by molar-refractivity contribution is -0.133. The van der Waals surface area contributed by atoms with E-state index in [0.717, 1.165) is 10.5 Å². The summed E-state index contributed by atoms with van der Waals surface area (Å²) in [7, 11) is 0. The van der Waals surface area contributed by atoms with Crippen LogP contribution in [0.1, 0.15) is 18.1 Å². The van der Waals surface area contributed by atoms with Gasteiger partial charge in [-0.2, -0.15) is 0 Å². The minimum atomic E-state index is -1.21. The number of imide groups is 1. The Hall–Kier alpha value is -3.62. The minimum Gasteiger partial charge on any atom is -0.454 e. The normalized spacial score (nSPS) is 19.8. The van der Waals surface area contributed by atoms with Crippen molar-refractivity contribution in [3.8, 4) is 11.5 Å². The van der Waals surface area contributed by atoms with Crippen LogP contribution >= 0.6 is 0 Å². The Balaban J connectivity index is 1.43. The van der Waals surface area contributed by atoms with Crippen LogP contribution in [0, 0.1) is 12.7 Å². The molecular weight excluding hydrogens is 393 g/mol. The molecule has 0 saturated carbocycles. The number of aryl methyl sites for hydroxylation is 1. The highest BCUT2D eigenvalue weighted by molar-refractivity contribution is 6.10. The minimum absolute atomic E-state index is 0.138. The molecule has 4 rings (SSSR count). The second-order valence-corrected chi connectivity index (χ2v) is 7.53. The monoisotopic (exact) mass is 413 g/mol. The van der Waals surface area contributed by atoms with E-state index in [0.29, 0.717) is 17.1 Å². The molecule has 0 bridgehead atoms. The predicted molar refractivity (Wildman–Crippen MR) is 105 cm³/mol. The summed E-state index contributed by atoms with van der Waals surface area (Å²) in [5.74, 6) is -0.380. The number of amides is 4. The second-order valence-electron chi connectivity index (χ2n) is 7.53. The van der Waals surface area contributed by atoms with Crippen molar-refractivity contribution in [3.63, 3.8) is 0 Å². The quantitative estimate of drug-likeness (QED) is 0.734. The number of benzene rings is 2. The highest BCUT2D eigenvalue weighted by Gasteiger charge is 2.48. The number of halogens is 1. The molecule has 1 atom stereocenters. The van der Waals surface area contributed by atoms with Crippen LogP contribution in [0.2, 0.25) is 0 Å². The average Bonchev–Trinajstić information content (AvgIpc) is 3.23. The lowest BCUT2D eigenvalue weighted by atomic mass is 9.92. The van der Waals surface area contributed by atoms with Gasteiger partial charge in [-0.25, -0.2) is 9.18 Å². The van der Waals surface area contributed by atoms with Gasteiger partial charge in [0.2, 0.25) is 12.7 Å². The fourth-order valence-corrected chi connectivity index (χ4v) is 3.48. The van der Waals surface area contributed by atoms with Crippen LogP contribution in [-0.4, -0.2) is 41.6 Å². The average molecular weight is 413 g/mol. The van der Waals surface area contributed by atoms with Gasteiger partial charge in [0.25, 0.3) is 5.91 Å². The molecule has 0 aliphatic carbocycles. The molecule has 0 aromatic heterocycles. The third kappa shape index (κ3) is 3.66. The van der Waals surface area contributed by atoms with E-state index >= 15 is 0 Å². The number of hydrogen-bond donors (Lipinski definition) is 2. The molecule has 0 radical (unpaired) electrons. The van der Waals surface area contributed by atoms with Gasteiger partial charge < -0.3 is 20.1 Å². The van der Waals surface area contributed by atoms with Gasteiger partial charge >= 0.3 is 6.03 Å². The van der Waals surface area contributed by atoms with Gasteiger partial charge in [0.05, 0.1) is 0 Å². The fraction of sp³-hybridized carbons (Fsp3) is 0.286. The van der Waals surface area contributed by atoms with Gasteiger partial charge in [-0.1, -0.05) is 12.1 Å². The highest BCUT2D eigenvalue weighted by atomic mass is 19.1. The van der Waals surface area contributed by atoms with Crippen molar-refractivity contribution in [2.45, 2.75) is 25.8 Å². The van der Waals surface area contributed by atoms with Gasteiger partial charge in [-0.3, -0.25) is 14.5 Å². The zero-order valence-corrected chi connectivity index (χ0v) is 16.5. The van der Waals surface area contributed by atoms with Crippen molar-refractivity contribution in [1.82, 2.24) is 10.2 Å². The van der Waals surface area contributed by atoms with E-state index in [1.165, 1.54) is 12.1 Å². The summed E-state index contributed by atoms with van der Waals surface area (Å²) in [6.45, 7) is 2.87. The molecule has 1 unspecified atom stereocenters. The summed E-state index contributed by atoms with van der Waals surface area (Å²) < 4.78 is 24.3. The maximum atomic E-state index is 13.7. The molecule has 2 aromatic rings. The summed E-state index contributed by atoms with van der Waals surface area (Å²) >= 11 is 0. The fourth-order valence-electron chi connectivity index (χ4n) is 3.48. The maximum absolute atomic E-state index is 13.7. The maximum Gasteiger partial charge on any atom is 0.325 e. The number of carbonyl (C=O) groups is 3. The van der Waals surface area contributed by atoms with E-state index in [4.69, 9.17) is 9.47 Å². The molecule has 8 nitrogen and oxygen atoms in total. The molecule has 30 heavy (non-hydrogen) atoms. The number of rotatable bonds is 5. The highest BCUT2D eigenvalue weighted by Crippen LogP contribution is 2.34. The number of nitrogens with one attached hydrogen (secondary N) is 2. The molecule has 4 amide bonds. The van der Waals surface area contributed by atoms with Crippen molar-refractivity contribution in [3.05, 3.63) is 53.3 Å². The van der Waals surface area contributed by atoms with Gasteiger partial charge in [0.1, 0.15) is 17.9 Å². The second kappa shape index (κ2) is 7.33. The van der Waals surface area contributed by atoms with E-state index < -0.39 is 35.7 Å². The van der Waals surface area contributed by atoms with E-state index in [1.807, 2.05) is 0 Å². The van der Waals surface area contributed by atoms with Crippen LogP contribution in [-0.2, 0) is 16.0 Å². The van der Waals surface area contributed by atoms with Gasteiger partial charge in [0, 0.05) is 12.1 Å². The molecule has 1 fully saturated rings. The SMILES string of the molecule is Cc1ccc(NC(=O)CN2C(=O)NC(C)(Cc3ccc4c(c3)OCO4)C2=O)cc1F. The van der Waals surface area contributed by atoms with Crippen LogP contribution in [0.5, 0.6) is 11.5 Å². The lowest BCUT2D eigenvalue weighted by Gasteiger charge is -2.22. The first-order valence-corrected chi connectivity index (χ1v) is 9.34. The van der Waals surface area contributed by atoms with E-state index in [1.54, 1.807) is 38.1 Å². The molecular formula is C21H20FN3O5. The Morgan fingerprint density at radius 3 is 2.73 bits per heavy atom. The zero-order chi connectivity index (χ0) is 21.5. The third-order valence-electron chi connectivity index (χ3n) is 5.10. The lowest BCUT2D eigenvalue weighted by Crippen LogP contribution is -2.46. The number of nitrogens with zero attached hydrogens (tertiary/aromatic N) is 1. The number of anilines is 1. The molecule has 0 spiro atoms. The molecule has 2 N–H and O–H groups in total. The van der Waals surface area contributed by atoms with Crippen molar-refractivity contribution < 1.29 is 28.2 Å². The van der Waals surface area contributed by atoms with Gasteiger partial charge in [0.15, 0.2) is 11.5 Å². The largest absolute Gasteiger partial charge is 0.454 e. The number of hydrogen-bond acceptors (Lipinski definition) is 5. The summed E-state index contributed by atoms with van der Waals surface area (Å²) in [5, 5.41) is 5.16. The number of ether oxygens (including phenoxy) is 2. The molecule has 9 heteroatoms. The molecule has 2 heterocycles. The van der Waals surface area contributed by atoms with Gasteiger partial charge in [-0.05, 0) is 49.2 Å². The number of fused-ring (bicyclic) bond motifs is 1. The standard InChI is InChI=1S/C21H20FN3O5/c1-12-3-5-14(8-15(12)22)23-18(26)10-25-19(27)21(2,24-20(25)28)9-13-4-6-16-17(7-13)30-11-29-16/h3-8H,9-11H2,1-2H3,(H,23,26)(H,24,28). The third-order valence-corrected chi connectivity index (χ3v) is 5.10. The molecule has 156 valence electrons. The number of carbonyl (C=O) groups excluding carboxylic acids is 3. The first-order chi connectivity index (χ1) is 14.2. The van der Waals surface area contributed by atoms with Crippen LogP contribution in [0.25, 0.3) is 0 Å². The van der Waals surface area contributed by atoms with Crippen LogP contribution in [0.4, 0.5) is 14.9 Å². The molecule has 2 aromatic carbocycles. The molecule has 2 aliphatic heterocycles. The van der Waals surface area contributed by atoms with Crippen molar-refractivity contribution >= 4 is 23.5 Å². The smallest absolute Gasteiger partial charge is 0.325 e. The van der Waals surface area contributed by atoms with Crippen LogP contribution in [0.15, 0.2) is 36.4 Å². The molecule has 1 saturated heterocycles. The van der Waals surface area contributed by atoms with E-state index in [2.05, 4.69) is 10.6 Å². The topological polar surface area (TPSA) is 97.0 Å². The van der Waals surface area contributed by atoms with E-state index in [-0.39, 0.29) is 18.9 Å².